The molecule has 1 atom stereocenters. The van der Waals surface area contributed by atoms with Crippen LogP contribution < -0.4 is 19.8 Å². The number of nitrogens with one attached hydrogen (secondary N) is 1. The Balaban J connectivity index is 1.43. The molecule has 2 heterocycles. The molecule has 0 spiro atoms. The van der Waals surface area contributed by atoms with Crippen LogP contribution in [0.3, 0.4) is 0 Å². The van der Waals surface area contributed by atoms with Crippen molar-refractivity contribution in [2.45, 2.75) is 12.5 Å². The molecule has 1 unspecified atom stereocenters. The first-order valence-corrected chi connectivity index (χ1v) is 9.81. The maximum Gasteiger partial charge on any atom is 0.292 e. The topological polar surface area (TPSA) is 68.1 Å². The number of halogens is 1. The number of benzene rings is 2. The summed E-state index contributed by atoms with van der Waals surface area (Å²) in [4.78, 5) is 30.1. The van der Waals surface area contributed by atoms with Crippen LogP contribution in [0.2, 0.25) is 0 Å². The van der Waals surface area contributed by atoms with E-state index in [9.17, 15) is 14.7 Å². The third-order valence-corrected chi connectivity index (χ3v) is 5.86. The van der Waals surface area contributed by atoms with E-state index < -0.39 is 0 Å². The highest BCUT2D eigenvalue weighted by Crippen LogP contribution is 2.24. The Hall–Kier alpha value is -2.38. The number of carbonyl (C=O) groups excluding carboxylic acids is 2. The Labute approximate surface area is 166 Å². The number of quaternary nitrogens is 1. The molecule has 0 saturated carbocycles. The Morgan fingerprint density at radius 1 is 0.926 bits per heavy atom. The molecule has 0 radical (unpaired) electrons. The van der Waals surface area contributed by atoms with E-state index in [0.717, 1.165) is 41.2 Å². The van der Waals surface area contributed by atoms with E-state index in [0.29, 0.717) is 5.69 Å². The minimum Gasteiger partial charge on any atom is -0.872 e. The SMILES string of the molecule is O=C1CC([NH+]2CCN(c3ccc([O-])cc3)CC2)C(=O)N1c1ccc(Br)cc1. The third kappa shape index (κ3) is 3.57. The number of anilines is 2. The molecule has 0 aliphatic carbocycles. The number of amides is 2. The van der Waals surface area contributed by atoms with Gasteiger partial charge in [0.25, 0.3) is 5.91 Å². The molecule has 27 heavy (non-hydrogen) atoms. The monoisotopic (exact) mass is 429 g/mol. The molecule has 7 heteroatoms. The molecule has 6 nitrogen and oxygen atoms in total. The fraction of sp³-hybridized carbons (Fsp3) is 0.300. The predicted molar refractivity (Wildman–Crippen MR) is 104 cm³/mol. The third-order valence-electron chi connectivity index (χ3n) is 5.33. The van der Waals surface area contributed by atoms with Crippen molar-refractivity contribution in [1.82, 2.24) is 0 Å². The maximum atomic E-state index is 12.9. The lowest BCUT2D eigenvalue weighted by Crippen LogP contribution is -3.19. The van der Waals surface area contributed by atoms with Crippen molar-refractivity contribution < 1.29 is 19.6 Å². The summed E-state index contributed by atoms with van der Waals surface area (Å²) in [7, 11) is 0. The summed E-state index contributed by atoms with van der Waals surface area (Å²) < 4.78 is 0.911. The minimum absolute atomic E-state index is 0.00566. The zero-order valence-electron chi connectivity index (χ0n) is 14.7. The van der Waals surface area contributed by atoms with Crippen LogP contribution in [0.5, 0.6) is 5.75 Å². The zero-order valence-corrected chi connectivity index (χ0v) is 16.3. The van der Waals surface area contributed by atoms with Gasteiger partial charge in [-0.2, -0.15) is 0 Å². The van der Waals surface area contributed by atoms with Gasteiger partial charge in [-0.05, 0) is 36.4 Å². The summed E-state index contributed by atoms with van der Waals surface area (Å²) in [6.45, 7) is 3.17. The quantitative estimate of drug-likeness (QED) is 0.723. The van der Waals surface area contributed by atoms with Gasteiger partial charge in [0.1, 0.15) is 0 Å². The maximum absolute atomic E-state index is 12.9. The molecule has 2 amide bonds. The Bertz CT molecular complexity index is 846. The van der Waals surface area contributed by atoms with Crippen molar-refractivity contribution in [2.24, 2.45) is 0 Å². The average Bonchev–Trinajstić information content (AvgIpc) is 2.98. The lowest BCUT2D eigenvalue weighted by molar-refractivity contribution is -0.915. The van der Waals surface area contributed by atoms with Gasteiger partial charge >= 0.3 is 0 Å². The van der Waals surface area contributed by atoms with Crippen molar-refractivity contribution in [3.8, 4) is 5.75 Å². The van der Waals surface area contributed by atoms with Crippen LogP contribution in [-0.4, -0.2) is 44.0 Å². The average molecular weight is 430 g/mol. The molecule has 140 valence electrons. The van der Waals surface area contributed by atoms with Crippen LogP contribution in [0.1, 0.15) is 6.42 Å². The van der Waals surface area contributed by atoms with Gasteiger partial charge in [-0.1, -0.05) is 28.1 Å². The molecule has 0 bridgehead atoms. The normalized spacial score (nSPS) is 21.1. The number of rotatable bonds is 3. The summed E-state index contributed by atoms with van der Waals surface area (Å²) in [6, 6.07) is 13.8. The lowest BCUT2D eigenvalue weighted by atomic mass is 10.1. The smallest absolute Gasteiger partial charge is 0.292 e. The van der Waals surface area contributed by atoms with Crippen LogP contribution >= 0.6 is 15.9 Å². The standard InChI is InChI=1S/C20H20BrN3O3/c21-14-1-3-16(4-2-14)24-19(26)13-18(20(24)27)23-11-9-22(10-12-23)15-5-7-17(25)8-6-15/h1-8,18,25H,9-13H2. The van der Waals surface area contributed by atoms with E-state index in [1.807, 2.05) is 24.3 Å². The molecule has 0 aromatic heterocycles. The first-order chi connectivity index (χ1) is 13.0. The van der Waals surface area contributed by atoms with E-state index >= 15 is 0 Å². The summed E-state index contributed by atoms with van der Waals surface area (Å²) in [5.41, 5.74) is 1.66. The Morgan fingerprint density at radius 2 is 1.52 bits per heavy atom. The molecule has 2 fully saturated rings. The Morgan fingerprint density at radius 3 is 2.15 bits per heavy atom. The number of hydrogen-bond donors (Lipinski definition) is 1. The molecule has 2 aromatic carbocycles. The minimum atomic E-state index is -0.313. The second kappa shape index (κ2) is 7.32. The first kappa shape index (κ1) is 18.0. The summed E-state index contributed by atoms with van der Waals surface area (Å²) in [6.07, 6.45) is 0.259. The molecule has 2 aliphatic rings. The van der Waals surface area contributed by atoms with Crippen LogP contribution in [-0.2, 0) is 9.59 Å². The second-order valence-corrected chi connectivity index (χ2v) is 7.86. The first-order valence-electron chi connectivity index (χ1n) is 9.02. The zero-order chi connectivity index (χ0) is 19.0. The van der Waals surface area contributed by atoms with E-state index in [-0.39, 0.29) is 30.0 Å². The number of nitrogens with zero attached hydrogens (tertiary/aromatic N) is 2. The highest BCUT2D eigenvalue weighted by molar-refractivity contribution is 9.10. The second-order valence-electron chi connectivity index (χ2n) is 6.94. The highest BCUT2D eigenvalue weighted by atomic mass is 79.9. The van der Waals surface area contributed by atoms with E-state index in [4.69, 9.17) is 0 Å². The van der Waals surface area contributed by atoms with Gasteiger partial charge in [0, 0.05) is 10.2 Å². The van der Waals surface area contributed by atoms with E-state index in [1.165, 1.54) is 4.90 Å². The molecule has 2 saturated heterocycles. The molecular formula is C20H20BrN3O3. The van der Waals surface area contributed by atoms with Crippen LogP contribution in [0.15, 0.2) is 53.0 Å². The van der Waals surface area contributed by atoms with Gasteiger partial charge in [0.15, 0.2) is 6.04 Å². The van der Waals surface area contributed by atoms with Gasteiger partial charge < -0.3 is 14.9 Å². The van der Waals surface area contributed by atoms with E-state index in [1.54, 1.807) is 24.3 Å². The number of piperazine rings is 1. The lowest BCUT2D eigenvalue weighted by Gasteiger charge is -2.35. The molecule has 4 rings (SSSR count). The highest BCUT2D eigenvalue weighted by Gasteiger charge is 2.46. The molecule has 2 aliphatic heterocycles. The van der Waals surface area contributed by atoms with Gasteiger partial charge in [-0.15, -0.1) is 5.75 Å². The van der Waals surface area contributed by atoms with E-state index in [2.05, 4.69) is 20.8 Å². The fourth-order valence-electron chi connectivity index (χ4n) is 3.87. The van der Waals surface area contributed by atoms with Crippen LogP contribution in [0.25, 0.3) is 0 Å². The Kier molecular flexibility index (Phi) is 4.88. The summed E-state index contributed by atoms with van der Waals surface area (Å²) >= 11 is 3.37. The molecule has 1 N–H and O–H groups in total. The molecular weight excluding hydrogens is 410 g/mol. The van der Waals surface area contributed by atoms with Gasteiger partial charge in [0.2, 0.25) is 5.91 Å². The van der Waals surface area contributed by atoms with Crippen molar-refractivity contribution in [3.05, 3.63) is 53.0 Å². The number of hydrogen-bond acceptors (Lipinski definition) is 4. The fourth-order valence-corrected chi connectivity index (χ4v) is 4.13. The van der Waals surface area contributed by atoms with Crippen molar-refractivity contribution >= 4 is 39.1 Å². The van der Waals surface area contributed by atoms with Gasteiger partial charge in [-0.3, -0.25) is 9.59 Å². The van der Waals surface area contributed by atoms with Crippen molar-refractivity contribution in [1.29, 1.82) is 0 Å². The summed E-state index contributed by atoms with van der Waals surface area (Å²) in [5.74, 6) is -0.235. The summed E-state index contributed by atoms with van der Waals surface area (Å²) in [5, 5.41) is 11.3. The largest absolute Gasteiger partial charge is 0.872 e. The number of carbonyl (C=O) groups is 2. The predicted octanol–water partition coefficient (Wildman–Crippen LogP) is 0.560. The van der Waals surface area contributed by atoms with Crippen molar-refractivity contribution in [3.63, 3.8) is 0 Å². The number of imide groups is 1. The van der Waals surface area contributed by atoms with Crippen molar-refractivity contribution in [2.75, 3.05) is 36.0 Å². The van der Waals surface area contributed by atoms with Gasteiger partial charge in [0.05, 0.1) is 38.3 Å². The molecule has 2 aromatic rings. The van der Waals surface area contributed by atoms with Crippen LogP contribution in [0.4, 0.5) is 11.4 Å². The van der Waals surface area contributed by atoms with Gasteiger partial charge in [-0.25, -0.2) is 4.90 Å². The van der Waals surface area contributed by atoms with Crippen LogP contribution in [0, 0.1) is 0 Å².